The number of halogens is 3. The molecular weight excluding hydrogens is 670 g/mol. The van der Waals surface area contributed by atoms with Crippen molar-refractivity contribution in [3.63, 3.8) is 0 Å². The molecule has 6 atom stereocenters. The van der Waals surface area contributed by atoms with Crippen molar-refractivity contribution in [2.75, 3.05) is 26.7 Å². The lowest BCUT2D eigenvalue weighted by molar-refractivity contribution is -0.158. The van der Waals surface area contributed by atoms with Gasteiger partial charge in [0, 0.05) is 44.2 Å². The Morgan fingerprint density at radius 3 is 2.22 bits per heavy atom. The second-order valence-electron chi connectivity index (χ2n) is 12.3. The quantitative estimate of drug-likeness (QED) is 0.276. The summed E-state index contributed by atoms with van der Waals surface area (Å²) in [4.78, 5) is 97.2. The molecule has 3 fully saturated rings. The van der Waals surface area contributed by atoms with Crippen LogP contribution >= 0.6 is 11.6 Å². The molecule has 3 saturated heterocycles. The van der Waals surface area contributed by atoms with Crippen LogP contribution in [-0.2, 0) is 44.7 Å². The normalized spacial score (nSPS) is 26.3. The average Bonchev–Trinajstić information content (AvgIpc) is 3.74. The van der Waals surface area contributed by atoms with E-state index >= 15 is 0 Å². The number of hydrogen-bond acceptors (Lipinski definition) is 8. The Labute approximate surface area is 286 Å². The van der Waals surface area contributed by atoms with Crippen LogP contribution in [0.4, 0.5) is 8.78 Å². The topological polar surface area (TPSA) is 175 Å². The van der Waals surface area contributed by atoms with Gasteiger partial charge in [-0.2, -0.15) is 0 Å². The first-order valence-electron chi connectivity index (χ1n) is 15.9. The van der Waals surface area contributed by atoms with Crippen LogP contribution in [0.5, 0.6) is 0 Å². The Morgan fingerprint density at radius 2 is 1.59 bits per heavy atom. The summed E-state index contributed by atoms with van der Waals surface area (Å²) < 4.78 is 33.5. The number of ether oxygens (including phenoxy) is 1. The van der Waals surface area contributed by atoms with E-state index in [-0.39, 0.29) is 31.5 Å². The van der Waals surface area contributed by atoms with Gasteiger partial charge >= 0.3 is 5.97 Å². The van der Waals surface area contributed by atoms with Crippen LogP contribution in [0.3, 0.4) is 0 Å². The van der Waals surface area contributed by atoms with E-state index in [0.717, 1.165) is 23.7 Å². The number of nitrogens with zero attached hydrogens (tertiary/aromatic N) is 3. The zero-order valence-corrected chi connectivity index (χ0v) is 28.0. The van der Waals surface area contributed by atoms with E-state index in [0.29, 0.717) is 18.9 Å². The summed E-state index contributed by atoms with van der Waals surface area (Å²) in [5.74, 6) is -6.99. The Balaban J connectivity index is 1.67. The summed E-state index contributed by atoms with van der Waals surface area (Å²) in [6.07, 6.45) is 1.87. The number of fused-ring (bicyclic) bond motifs is 2. The number of cyclic esters (lactones) is 1. The summed E-state index contributed by atoms with van der Waals surface area (Å²) in [6.45, 7) is 2.56. The van der Waals surface area contributed by atoms with Crippen molar-refractivity contribution >= 4 is 53.0 Å². The Bertz CT molecular complexity index is 1510. The maximum absolute atomic E-state index is 14.1. The lowest BCUT2D eigenvalue weighted by Crippen LogP contribution is -2.60. The van der Waals surface area contributed by atoms with E-state index in [2.05, 4.69) is 16.0 Å². The van der Waals surface area contributed by atoms with Gasteiger partial charge in [0.25, 0.3) is 0 Å². The van der Waals surface area contributed by atoms with E-state index < -0.39 is 102 Å². The molecule has 0 aliphatic carbocycles. The molecule has 49 heavy (non-hydrogen) atoms. The van der Waals surface area contributed by atoms with Gasteiger partial charge in [0.2, 0.25) is 35.4 Å². The van der Waals surface area contributed by atoms with Crippen LogP contribution in [0.2, 0.25) is 0 Å². The molecule has 0 spiro atoms. The van der Waals surface area contributed by atoms with Crippen molar-refractivity contribution in [3.8, 4) is 0 Å². The number of carbonyl (C=O) groups excluding carboxylic acids is 7. The highest BCUT2D eigenvalue weighted by Gasteiger charge is 2.43. The van der Waals surface area contributed by atoms with Crippen molar-refractivity contribution in [2.24, 2.45) is 0 Å². The molecule has 0 unspecified atom stereocenters. The first-order chi connectivity index (χ1) is 23.2. The number of nitrogens with one attached hydrogen (secondary N) is 3. The van der Waals surface area contributed by atoms with E-state index in [1.807, 2.05) is 0 Å². The van der Waals surface area contributed by atoms with Crippen LogP contribution < -0.4 is 16.0 Å². The molecule has 0 saturated carbocycles. The van der Waals surface area contributed by atoms with Gasteiger partial charge in [-0.15, -0.1) is 0 Å². The lowest BCUT2D eigenvalue weighted by atomic mass is 10.0. The predicted octanol–water partition coefficient (Wildman–Crippen LogP) is 0.120. The van der Waals surface area contributed by atoms with Crippen molar-refractivity contribution in [1.82, 2.24) is 30.7 Å². The monoisotopic (exact) mass is 708 g/mol. The smallest absolute Gasteiger partial charge is 0.328 e. The number of rotatable bonds is 6. The maximum Gasteiger partial charge on any atom is 0.328 e. The number of esters is 1. The average molecular weight is 709 g/mol. The number of amides is 6. The van der Waals surface area contributed by atoms with Crippen LogP contribution in [-0.4, -0.2) is 119 Å². The highest BCUT2D eigenvalue weighted by atomic mass is 35.5. The molecule has 3 heterocycles. The highest BCUT2D eigenvalue weighted by molar-refractivity contribution is 6.26. The molecule has 266 valence electrons. The summed E-state index contributed by atoms with van der Waals surface area (Å²) in [7, 11) is 1.40. The molecule has 4 rings (SSSR count). The van der Waals surface area contributed by atoms with Gasteiger partial charge in [-0.25, -0.2) is 13.6 Å². The van der Waals surface area contributed by atoms with Gasteiger partial charge in [-0.05, 0) is 57.2 Å². The number of benzene rings is 1. The summed E-state index contributed by atoms with van der Waals surface area (Å²) in [5, 5.41) is 7.47. The second-order valence-corrected chi connectivity index (χ2v) is 12.5. The Hall–Kier alpha value is -4.60. The van der Waals surface area contributed by atoms with E-state index in [1.54, 1.807) is 0 Å². The van der Waals surface area contributed by atoms with Crippen LogP contribution in [0.1, 0.15) is 45.1 Å². The van der Waals surface area contributed by atoms with Gasteiger partial charge in [-0.3, -0.25) is 28.8 Å². The maximum atomic E-state index is 14.1. The largest absolute Gasteiger partial charge is 0.461 e. The minimum atomic E-state index is -1.58. The molecule has 17 heteroatoms. The van der Waals surface area contributed by atoms with Crippen molar-refractivity contribution in [1.29, 1.82) is 0 Å². The van der Waals surface area contributed by atoms with Gasteiger partial charge in [-0.1, -0.05) is 11.6 Å². The first-order valence-corrected chi connectivity index (χ1v) is 16.3. The van der Waals surface area contributed by atoms with Crippen LogP contribution in [0.15, 0.2) is 29.8 Å². The minimum Gasteiger partial charge on any atom is -0.461 e. The SMILES string of the molecule is C[C@@H]1NC(=O)[C@H](C)N(C)C(=O)[C@@H]2CCCN2C(=O)[C@@H](NC(=O)[C@H](Cc2cc(F)cc(F)c2)NC(=O)/C=C/Cl)COC(=O)[C@@H]2CCCN2C1=O. The molecule has 0 aromatic heterocycles. The number of carbonyl (C=O) groups is 7. The molecule has 0 bridgehead atoms. The minimum absolute atomic E-state index is 0.00941. The third kappa shape index (κ3) is 8.90. The summed E-state index contributed by atoms with van der Waals surface area (Å²) >= 11 is 5.51. The van der Waals surface area contributed by atoms with Gasteiger partial charge in [0.05, 0.1) is 0 Å². The molecular formula is C32H39ClF2N6O8. The van der Waals surface area contributed by atoms with Gasteiger partial charge in [0.15, 0.2) is 0 Å². The highest BCUT2D eigenvalue weighted by Crippen LogP contribution is 2.23. The van der Waals surface area contributed by atoms with Crippen LogP contribution in [0.25, 0.3) is 0 Å². The zero-order valence-electron chi connectivity index (χ0n) is 27.2. The zero-order chi connectivity index (χ0) is 36.0. The Morgan fingerprint density at radius 1 is 0.980 bits per heavy atom. The summed E-state index contributed by atoms with van der Waals surface area (Å²) in [5.41, 5.74) is 0.899. The molecule has 14 nitrogen and oxygen atoms in total. The van der Waals surface area contributed by atoms with Crippen molar-refractivity contribution < 1.29 is 47.1 Å². The fraction of sp³-hybridized carbons (Fsp3) is 0.531. The fourth-order valence-electron chi connectivity index (χ4n) is 6.17. The molecule has 3 aliphatic heterocycles. The first kappa shape index (κ1) is 37.2. The molecule has 0 radical (unpaired) electrons. The number of likely N-dealkylation sites (N-methyl/N-ethyl adjacent to an activating group) is 1. The fourth-order valence-corrected chi connectivity index (χ4v) is 6.28. The Kier molecular flexibility index (Phi) is 12.3. The van der Waals surface area contributed by atoms with Gasteiger partial charge < -0.3 is 35.4 Å². The summed E-state index contributed by atoms with van der Waals surface area (Å²) in [6, 6.07) is -4.59. The second kappa shape index (κ2) is 16.2. The third-order valence-electron chi connectivity index (χ3n) is 8.88. The lowest BCUT2D eigenvalue weighted by Gasteiger charge is -2.34. The van der Waals surface area contributed by atoms with E-state index in [1.165, 1.54) is 35.6 Å². The predicted molar refractivity (Wildman–Crippen MR) is 169 cm³/mol. The molecule has 6 amide bonds. The standard InChI is InChI=1S/C32H39ClF2N6O8/c1-17-29(45)41-11-5-7-25(41)32(48)49-16-23(30(46)40-10-4-6-24(40)31(47)39(3)18(2)27(43)36-17)38-28(44)22(37-26(42)8-9-33)14-19-12-20(34)15-21(35)13-19/h8-9,12-13,15,17-18,22-25H,4-7,10-11,14,16H2,1-3H3,(H,36,43)(H,37,42)(H,38,44)/b9-8+/t17-,18-,22-,23-,24-,25-/m0/s1. The van der Waals surface area contributed by atoms with Crippen molar-refractivity contribution in [3.05, 3.63) is 47.0 Å². The molecule has 3 N–H and O–H groups in total. The molecule has 1 aromatic rings. The number of hydrogen-bond donors (Lipinski definition) is 3. The van der Waals surface area contributed by atoms with Crippen LogP contribution in [0, 0.1) is 11.6 Å². The van der Waals surface area contributed by atoms with Gasteiger partial charge in [0.1, 0.15) is 54.5 Å². The van der Waals surface area contributed by atoms with E-state index in [9.17, 15) is 42.3 Å². The molecule has 1 aromatic carbocycles. The van der Waals surface area contributed by atoms with Crippen molar-refractivity contribution in [2.45, 2.75) is 82.2 Å². The molecule has 3 aliphatic rings. The third-order valence-corrected chi connectivity index (χ3v) is 9.01. The van der Waals surface area contributed by atoms with E-state index in [4.69, 9.17) is 16.3 Å².